The molecule has 0 aliphatic heterocycles. The van der Waals surface area contributed by atoms with Gasteiger partial charge in [-0.05, 0) is 62.5 Å². The monoisotopic (exact) mass is 289 g/mol. The molecule has 1 nitrogen and oxygen atoms in total. The van der Waals surface area contributed by atoms with Gasteiger partial charge in [0.25, 0.3) is 0 Å². The van der Waals surface area contributed by atoms with Crippen molar-refractivity contribution >= 4 is 0 Å². The summed E-state index contributed by atoms with van der Waals surface area (Å²) in [7, 11) is 1.90. The van der Waals surface area contributed by atoms with Crippen LogP contribution in [0.2, 0.25) is 0 Å². The lowest BCUT2D eigenvalue weighted by atomic mass is 9.92. The van der Waals surface area contributed by atoms with E-state index >= 15 is 0 Å². The molecule has 112 valence electrons. The molecular formula is C18H21F2N. The zero-order valence-electron chi connectivity index (χ0n) is 12.5. The molecule has 0 bridgehead atoms. The van der Waals surface area contributed by atoms with Crippen LogP contribution in [0.1, 0.15) is 16.7 Å². The van der Waals surface area contributed by atoms with Crippen LogP contribution in [-0.2, 0) is 12.8 Å². The summed E-state index contributed by atoms with van der Waals surface area (Å²) in [5.74, 6) is -0.717. The Morgan fingerprint density at radius 2 is 1.48 bits per heavy atom. The molecule has 0 heterocycles. The summed E-state index contributed by atoms with van der Waals surface area (Å²) >= 11 is 0. The Labute approximate surface area is 125 Å². The largest absolute Gasteiger partial charge is 0.319 e. The van der Waals surface area contributed by atoms with E-state index in [4.69, 9.17) is 0 Å². The predicted octanol–water partition coefficient (Wildman–Crippen LogP) is 3.89. The van der Waals surface area contributed by atoms with E-state index < -0.39 is 11.6 Å². The summed E-state index contributed by atoms with van der Waals surface area (Å²) < 4.78 is 26.6. The number of nitrogens with one attached hydrogen (secondary N) is 1. The smallest absolute Gasteiger partial charge is 0.126 e. The normalized spacial score (nSPS) is 12.4. The van der Waals surface area contributed by atoms with Gasteiger partial charge in [-0.1, -0.05) is 29.8 Å². The lowest BCUT2D eigenvalue weighted by Gasteiger charge is -2.17. The van der Waals surface area contributed by atoms with Crippen LogP contribution in [-0.4, -0.2) is 13.6 Å². The fourth-order valence-corrected chi connectivity index (χ4v) is 2.62. The standard InChI is InChI=1S/C18H21F2N/c1-13-3-5-14(6-4-13)7-16(12-21-2)8-15-9-17(19)11-18(20)10-15/h3-6,9-11,16,21H,7-8,12H2,1-2H3. The summed E-state index contributed by atoms with van der Waals surface area (Å²) in [6.45, 7) is 2.87. The van der Waals surface area contributed by atoms with E-state index in [1.807, 2.05) is 7.05 Å². The number of hydrogen-bond acceptors (Lipinski definition) is 1. The van der Waals surface area contributed by atoms with E-state index in [9.17, 15) is 8.78 Å². The first kappa shape index (κ1) is 15.6. The van der Waals surface area contributed by atoms with E-state index in [0.29, 0.717) is 17.9 Å². The van der Waals surface area contributed by atoms with Crippen LogP contribution in [0.15, 0.2) is 42.5 Å². The van der Waals surface area contributed by atoms with Crippen LogP contribution in [0.5, 0.6) is 0 Å². The molecular weight excluding hydrogens is 268 g/mol. The molecule has 0 aromatic heterocycles. The maximum atomic E-state index is 13.3. The van der Waals surface area contributed by atoms with Crippen molar-refractivity contribution in [1.82, 2.24) is 5.32 Å². The van der Waals surface area contributed by atoms with Gasteiger partial charge < -0.3 is 5.32 Å². The van der Waals surface area contributed by atoms with Gasteiger partial charge in [-0.25, -0.2) is 8.78 Å². The highest BCUT2D eigenvalue weighted by atomic mass is 19.1. The van der Waals surface area contributed by atoms with Gasteiger partial charge in [0, 0.05) is 6.07 Å². The molecule has 21 heavy (non-hydrogen) atoms. The van der Waals surface area contributed by atoms with Crippen molar-refractivity contribution in [2.24, 2.45) is 5.92 Å². The predicted molar refractivity (Wildman–Crippen MR) is 82.4 cm³/mol. The van der Waals surface area contributed by atoms with Gasteiger partial charge in [-0.2, -0.15) is 0 Å². The molecule has 2 aromatic carbocycles. The number of halogens is 2. The molecule has 2 aromatic rings. The zero-order valence-corrected chi connectivity index (χ0v) is 12.5. The molecule has 0 radical (unpaired) electrons. The number of aryl methyl sites for hydroxylation is 1. The van der Waals surface area contributed by atoms with Gasteiger partial charge >= 0.3 is 0 Å². The maximum absolute atomic E-state index is 13.3. The molecule has 3 heteroatoms. The van der Waals surface area contributed by atoms with Gasteiger partial charge in [-0.3, -0.25) is 0 Å². The number of hydrogen-bond donors (Lipinski definition) is 1. The number of rotatable bonds is 6. The SMILES string of the molecule is CNCC(Cc1ccc(C)cc1)Cc1cc(F)cc(F)c1. The third-order valence-electron chi connectivity index (χ3n) is 3.58. The molecule has 2 rings (SSSR count). The third kappa shape index (κ3) is 4.94. The van der Waals surface area contributed by atoms with E-state index in [1.165, 1.54) is 23.3 Å². The highest BCUT2D eigenvalue weighted by molar-refractivity contribution is 5.23. The highest BCUT2D eigenvalue weighted by Gasteiger charge is 2.12. The quantitative estimate of drug-likeness (QED) is 0.850. The van der Waals surface area contributed by atoms with Crippen molar-refractivity contribution in [3.05, 3.63) is 70.8 Å². The second-order valence-electron chi connectivity index (χ2n) is 5.60. The summed E-state index contributed by atoms with van der Waals surface area (Å²) in [4.78, 5) is 0. The first-order chi connectivity index (χ1) is 10.1. The van der Waals surface area contributed by atoms with Crippen LogP contribution in [0.3, 0.4) is 0 Å². The summed E-state index contributed by atoms with van der Waals surface area (Å²) in [5, 5.41) is 3.16. The molecule has 0 spiro atoms. The Bertz CT molecular complexity index is 558. The lowest BCUT2D eigenvalue weighted by molar-refractivity contribution is 0.489. The number of benzene rings is 2. The zero-order chi connectivity index (χ0) is 15.2. The Balaban J connectivity index is 2.09. The van der Waals surface area contributed by atoms with Crippen LogP contribution < -0.4 is 5.32 Å². The van der Waals surface area contributed by atoms with E-state index in [1.54, 1.807) is 0 Å². The topological polar surface area (TPSA) is 12.0 Å². The van der Waals surface area contributed by atoms with E-state index in [2.05, 4.69) is 36.5 Å². The molecule has 1 N–H and O–H groups in total. The lowest BCUT2D eigenvalue weighted by Crippen LogP contribution is -2.23. The summed E-state index contributed by atoms with van der Waals surface area (Å²) in [6.07, 6.45) is 1.54. The molecule has 0 saturated heterocycles. The summed E-state index contributed by atoms with van der Waals surface area (Å²) in [6, 6.07) is 12.2. The first-order valence-corrected chi connectivity index (χ1v) is 7.22. The van der Waals surface area contributed by atoms with Gasteiger partial charge in [0.05, 0.1) is 0 Å². The second-order valence-corrected chi connectivity index (χ2v) is 5.60. The molecule has 0 aliphatic rings. The third-order valence-corrected chi connectivity index (χ3v) is 3.58. The van der Waals surface area contributed by atoms with Gasteiger partial charge in [0.1, 0.15) is 11.6 Å². The molecule has 0 amide bonds. The Morgan fingerprint density at radius 3 is 2.05 bits per heavy atom. The second kappa shape index (κ2) is 7.32. The van der Waals surface area contributed by atoms with Crippen molar-refractivity contribution in [2.75, 3.05) is 13.6 Å². The Hall–Kier alpha value is -1.74. The van der Waals surface area contributed by atoms with Crippen LogP contribution in [0.25, 0.3) is 0 Å². The van der Waals surface area contributed by atoms with Gasteiger partial charge in [-0.15, -0.1) is 0 Å². The van der Waals surface area contributed by atoms with Crippen LogP contribution in [0, 0.1) is 24.5 Å². The molecule has 0 fully saturated rings. The minimum atomic E-state index is -0.511. The van der Waals surface area contributed by atoms with Crippen LogP contribution >= 0.6 is 0 Å². The average molecular weight is 289 g/mol. The minimum Gasteiger partial charge on any atom is -0.319 e. The molecule has 1 unspecified atom stereocenters. The average Bonchev–Trinajstić information content (AvgIpc) is 2.40. The van der Waals surface area contributed by atoms with Gasteiger partial charge in [0.2, 0.25) is 0 Å². The van der Waals surface area contributed by atoms with Gasteiger partial charge in [0.15, 0.2) is 0 Å². The first-order valence-electron chi connectivity index (χ1n) is 7.22. The fraction of sp³-hybridized carbons (Fsp3) is 0.333. The molecule has 1 atom stereocenters. The van der Waals surface area contributed by atoms with Crippen molar-refractivity contribution in [3.63, 3.8) is 0 Å². The van der Waals surface area contributed by atoms with E-state index in [0.717, 1.165) is 19.0 Å². The fourth-order valence-electron chi connectivity index (χ4n) is 2.62. The summed E-state index contributed by atoms with van der Waals surface area (Å²) in [5.41, 5.74) is 3.19. The van der Waals surface area contributed by atoms with E-state index in [-0.39, 0.29) is 0 Å². The van der Waals surface area contributed by atoms with Crippen molar-refractivity contribution in [2.45, 2.75) is 19.8 Å². The van der Waals surface area contributed by atoms with Crippen molar-refractivity contribution in [3.8, 4) is 0 Å². The highest BCUT2D eigenvalue weighted by Crippen LogP contribution is 2.17. The van der Waals surface area contributed by atoms with Crippen LogP contribution in [0.4, 0.5) is 8.78 Å². The maximum Gasteiger partial charge on any atom is 0.126 e. The minimum absolute atomic E-state index is 0.305. The van der Waals surface area contributed by atoms with Crippen molar-refractivity contribution < 1.29 is 8.78 Å². The Morgan fingerprint density at radius 1 is 0.905 bits per heavy atom. The molecule has 0 saturated carbocycles. The Kier molecular flexibility index (Phi) is 5.45. The van der Waals surface area contributed by atoms with Crippen molar-refractivity contribution in [1.29, 1.82) is 0 Å². The molecule has 0 aliphatic carbocycles.